The number of hydrogen-bond donors (Lipinski definition) is 1. The van der Waals surface area contributed by atoms with Crippen LogP contribution in [-0.4, -0.2) is 38.0 Å². The summed E-state index contributed by atoms with van der Waals surface area (Å²) in [6, 6.07) is 16.8. The summed E-state index contributed by atoms with van der Waals surface area (Å²) in [6.07, 6.45) is 0.856. The number of methoxy groups -OCH3 is 1. The maximum atomic E-state index is 12.2. The molecule has 2 aromatic carbocycles. The third-order valence-electron chi connectivity index (χ3n) is 4.43. The summed E-state index contributed by atoms with van der Waals surface area (Å²) >= 11 is 1.40. The first-order chi connectivity index (χ1) is 15.5. The first kappa shape index (κ1) is 23.0. The van der Waals surface area contributed by atoms with E-state index in [9.17, 15) is 14.4 Å². The molecule has 0 aliphatic carbocycles. The van der Waals surface area contributed by atoms with Gasteiger partial charge in [0.15, 0.2) is 13.2 Å². The summed E-state index contributed by atoms with van der Waals surface area (Å²) in [5.41, 5.74) is 0.880. The van der Waals surface area contributed by atoms with E-state index < -0.39 is 5.97 Å². The first-order valence-corrected chi connectivity index (χ1v) is 10.8. The molecule has 3 rings (SSSR count). The summed E-state index contributed by atoms with van der Waals surface area (Å²) < 4.78 is 15.7. The van der Waals surface area contributed by atoms with Gasteiger partial charge in [-0.15, -0.1) is 11.3 Å². The van der Waals surface area contributed by atoms with Crippen LogP contribution in [0, 0.1) is 0 Å². The van der Waals surface area contributed by atoms with Crippen molar-refractivity contribution in [3.8, 4) is 11.5 Å². The van der Waals surface area contributed by atoms with Gasteiger partial charge in [0, 0.05) is 16.6 Å². The largest absolute Gasteiger partial charge is 0.497 e. The summed E-state index contributed by atoms with van der Waals surface area (Å²) in [7, 11) is 1.55. The van der Waals surface area contributed by atoms with Crippen molar-refractivity contribution in [2.24, 2.45) is 0 Å². The Morgan fingerprint density at radius 1 is 0.938 bits per heavy atom. The first-order valence-electron chi connectivity index (χ1n) is 9.94. The maximum absolute atomic E-state index is 12.2. The van der Waals surface area contributed by atoms with Crippen LogP contribution in [0.25, 0.3) is 0 Å². The molecule has 0 spiro atoms. The van der Waals surface area contributed by atoms with Crippen LogP contribution in [0.5, 0.6) is 11.5 Å². The highest BCUT2D eigenvalue weighted by Crippen LogP contribution is 2.19. The zero-order valence-corrected chi connectivity index (χ0v) is 18.6. The van der Waals surface area contributed by atoms with Gasteiger partial charge in [-0.1, -0.05) is 13.0 Å². The fourth-order valence-corrected chi connectivity index (χ4v) is 3.61. The van der Waals surface area contributed by atoms with E-state index in [1.165, 1.54) is 23.5 Å². The Morgan fingerprint density at radius 2 is 1.72 bits per heavy atom. The number of Topliss-reactive ketones (excluding diaryl/α,β-unsaturated/α-hetero) is 1. The van der Waals surface area contributed by atoms with Gasteiger partial charge in [0.25, 0.3) is 5.91 Å². The van der Waals surface area contributed by atoms with Crippen molar-refractivity contribution in [2.75, 3.05) is 25.6 Å². The molecule has 0 radical (unpaired) electrons. The Bertz CT molecular complexity index is 1090. The van der Waals surface area contributed by atoms with Crippen molar-refractivity contribution in [1.82, 2.24) is 0 Å². The van der Waals surface area contributed by atoms with Crippen molar-refractivity contribution in [3.05, 3.63) is 76.0 Å². The van der Waals surface area contributed by atoms with Gasteiger partial charge in [0.1, 0.15) is 11.5 Å². The van der Waals surface area contributed by atoms with Crippen LogP contribution >= 0.6 is 11.3 Å². The van der Waals surface area contributed by atoms with Crippen LogP contribution in [0.1, 0.15) is 31.8 Å². The predicted octanol–water partition coefficient (Wildman–Crippen LogP) is 4.38. The standard InChI is InChI=1S/C24H23NO6S/c1-3-20-11-12-22(32-20)21(26)14-31-24(28)16-7-9-18(10-8-16)30-15-23(27)25-17-5-4-6-19(13-17)29-2/h4-13H,3,14-15H2,1-2H3,(H,25,27). The molecule has 0 saturated heterocycles. The fourth-order valence-electron chi connectivity index (χ4n) is 2.74. The number of nitrogens with one attached hydrogen (secondary N) is 1. The Kier molecular flexibility index (Phi) is 7.99. The van der Waals surface area contributed by atoms with E-state index in [0.717, 1.165) is 11.3 Å². The second-order valence-electron chi connectivity index (χ2n) is 6.71. The number of esters is 1. The molecule has 8 heteroatoms. The van der Waals surface area contributed by atoms with Crippen molar-refractivity contribution in [3.63, 3.8) is 0 Å². The molecule has 3 aromatic rings. The number of carbonyl (C=O) groups excluding carboxylic acids is 3. The molecule has 0 aliphatic heterocycles. The predicted molar refractivity (Wildman–Crippen MR) is 122 cm³/mol. The van der Waals surface area contributed by atoms with Crippen LogP contribution < -0.4 is 14.8 Å². The molecule has 32 heavy (non-hydrogen) atoms. The molecular formula is C24H23NO6S. The molecule has 0 aliphatic rings. The lowest BCUT2D eigenvalue weighted by molar-refractivity contribution is -0.118. The minimum absolute atomic E-state index is 0.198. The van der Waals surface area contributed by atoms with E-state index in [0.29, 0.717) is 22.1 Å². The molecule has 0 fully saturated rings. The van der Waals surface area contributed by atoms with Crippen LogP contribution in [0.15, 0.2) is 60.7 Å². The van der Waals surface area contributed by atoms with Crippen LogP contribution in [0.4, 0.5) is 5.69 Å². The quantitative estimate of drug-likeness (QED) is 0.362. The van der Waals surface area contributed by atoms with Gasteiger partial charge in [0.2, 0.25) is 5.78 Å². The topological polar surface area (TPSA) is 90.9 Å². The fraction of sp³-hybridized carbons (Fsp3) is 0.208. The van der Waals surface area contributed by atoms with Crippen molar-refractivity contribution >= 4 is 34.7 Å². The lowest BCUT2D eigenvalue weighted by atomic mass is 10.2. The molecular weight excluding hydrogens is 430 g/mol. The lowest BCUT2D eigenvalue weighted by Gasteiger charge is -2.09. The summed E-state index contributed by atoms with van der Waals surface area (Å²) in [4.78, 5) is 38.1. The van der Waals surface area contributed by atoms with Gasteiger partial charge in [-0.25, -0.2) is 4.79 Å². The SMILES string of the molecule is CCc1ccc(C(=O)COC(=O)c2ccc(OCC(=O)Nc3cccc(OC)c3)cc2)s1. The number of ether oxygens (including phenoxy) is 3. The highest BCUT2D eigenvalue weighted by molar-refractivity contribution is 7.14. The van der Waals surface area contributed by atoms with E-state index in [-0.39, 0.29) is 30.5 Å². The molecule has 1 amide bonds. The number of hydrogen-bond acceptors (Lipinski definition) is 7. The number of amides is 1. The molecule has 0 atom stereocenters. The summed E-state index contributed by atoms with van der Waals surface area (Å²) in [5.74, 6) is -0.115. The van der Waals surface area contributed by atoms with Gasteiger partial charge in [-0.05, 0) is 55.0 Å². The number of aryl methyl sites for hydroxylation is 1. The van der Waals surface area contributed by atoms with Gasteiger partial charge in [-0.2, -0.15) is 0 Å². The molecule has 7 nitrogen and oxygen atoms in total. The van der Waals surface area contributed by atoms with E-state index in [2.05, 4.69) is 5.32 Å². The summed E-state index contributed by atoms with van der Waals surface area (Å²) in [5, 5.41) is 2.71. The Balaban J connectivity index is 1.45. The molecule has 0 unspecified atom stereocenters. The molecule has 0 bridgehead atoms. The van der Waals surface area contributed by atoms with Crippen LogP contribution in [-0.2, 0) is 16.0 Å². The van der Waals surface area contributed by atoms with Gasteiger partial charge in [-0.3, -0.25) is 9.59 Å². The molecule has 0 saturated carbocycles. The minimum atomic E-state index is -0.604. The Morgan fingerprint density at radius 3 is 2.41 bits per heavy atom. The van der Waals surface area contributed by atoms with Gasteiger partial charge in [0.05, 0.1) is 17.6 Å². The van der Waals surface area contributed by atoms with Crippen molar-refractivity contribution in [2.45, 2.75) is 13.3 Å². The zero-order chi connectivity index (χ0) is 22.9. The number of rotatable bonds is 10. The minimum Gasteiger partial charge on any atom is -0.497 e. The third kappa shape index (κ3) is 6.42. The average molecular weight is 454 g/mol. The van der Waals surface area contributed by atoms with Gasteiger partial charge >= 0.3 is 5.97 Å². The molecule has 1 heterocycles. The van der Waals surface area contributed by atoms with E-state index >= 15 is 0 Å². The van der Waals surface area contributed by atoms with Crippen molar-refractivity contribution < 1.29 is 28.6 Å². The van der Waals surface area contributed by atoms with Crippen LogP contribution in [0.3, 0.4) is 0 Å². The molecule has 1 aromatic heterocycles. The Labute approximate surface area is 189 Å². The van der Waals surface area contributed by atoms with E-state index in [1.807, 2.05) is 13.0 Å². The van der Waals surface area contributed by atoms with E-state index in [4.69, 9.17) is 14.2 Å². The number of thiophene rings is 1. The second kappa shape index (κ2) is 11.1. The highest BCUT2D eigenvalue weighted by Gasteiger charge is 2.14. The van der Waals surface area contributed by atoms with E-state index in [1.54, 1.807) is 49.6 Å². The zero-order valence-electron chi connectivity index (χ0n) is 17.8. The summed E-state index contributed by atoms with van der Waals surface area (Å²) in [6.45, 7) is 1.50. The smallest absolute Gasteiger partial charge is 0.338 e. The third-order valence-corrected chi connectivity index (χ3v) is 5.70. The normalized spacial score (nSPS) is 10.3. The Hall–Kier alpha value is -3.65. The number of ketones is 1. The van der Waals surface area contributed by atoms with Crippen molar-refractivity contribution in [1.29, 1.82) is 0 Å². The number of carbonyl (C=O) groups is 3. The second-order valence-corrected chi connectivity index (χ2v) is 7.88. The van der Waals surface area contributed by atoms with Gasteiger partial charge < -0.3 is 19.5 Å². The van der Waals surface area contributed by atoms with Crippen LogP contribution in [0.2, 0.25) is 0 Å². The monoisotopic (exact) mass is 453 g/mol. The lowest BCUT2D eigenvalue weighted by Crippen LogP contribution is -2.20. The molecule has 1 N–H and O–H groups in total. The highest BCUT2D eigenvalue weighted by atomic mass is 32.1. The maximum Gasteiger partial charge on any atom is 0.338 e. The number of anilines is 1. The number of benzene rings is 2. The molecule has 166 valence electrons. The average Bonchev–Trinajstić information content (AvgIpc) is 3.31.